The second-order valence-corrected chi connectivity index (χ2v) is 10.4. The van der Waals surface area contributed by atoms with E-state index in [0.717, 1.165) is 46.8 Å². The topological polar surface area (TPSA) is 80.7 Å². The fraction of sp³-hybridized carbons (Fsp3) is 0.308. The van der Waals surface area contributed by atoms with Gasteiger partial charge >= 0.3 is 0 Å². The van der Waals surface area contributed by atoms with Crippen LogP contribution in [0.25, 0.3) is 21.1 Å². The third-order valence-corrected chi connectivity index (χ3v) is 8.40. The van der Waals surface area contributed by atoms with Crippen LogP contribution in [0.2, 0.25) is 0 Å². The number of carbonyl (C=O) groups is 1. The van der Waals surface area contributed by atoms with Crippen molar-refractivity contribution in [3.8, 4) is 6.07 Å². The van der Waals surface area contributed by atoms with Crippen LogP contribution in [0.4, 0.5) is 0 Å². The number of thiophene rings is 1. The Morgan fingerprint density at radius 3 is 2.94 bits per heavy atom. The summed E-state index contributed by atoms with van der Waals surface area (Å²) in [7, 11) is 0. The molecule has 8 heteroatoms. The molecule has 3 heterocycles. The summed E-state index contributed by atoms with van der Waals surface area (Å²) in [6.07, 6.45) is 8.11. The number of rotatable bonds is 8. The molecule has 1 aliphatic carbocycles. The van der Waals surface area contributed by atoms with Crippen LogP contribution in [0.5, 0.6) is 0 Å². The molecule has 34 heavy (non-hydrogen) atoms. The number of allylic oxidation sites excluding steroid dienone is 1. The van der Waals surface area contributed by atoms with Gasteiger partial charge in [-0.05, 0) is 37.3 Å². The van der Waals surface area contributed by atoms with E-state index in [-0.39, 0.29) is 17.1 Å². The van der Waals surface area contributed by atoms with E-state index in [9.17, 15) is 9.59 Å². The van der Waals surface area contributed by atoms with Crippen molar-refractivity contribution in [3.05, 3.63) is 69.5 Å². The van der Waals surface area contributed by atoms with Gasteiger partial charge in [0.2, 0.25) is 0 Å². The minimum Gasteiger partial charge on any atom is -0.346 e. The van der Waals surface area contributed by atoms with Gasteiger partial charge in [0.25, 0.3) is 5.56 Å². The predicted octanol–water partition coefficient (Wildman–Crippen LogP) is 5.37. The van der Waals surface area contributed by atoms with E-state index in [4.69, 9.17) is 10.2 Å². The number of hydrogen-bond donors (Lipinski definition) is 0. The van der Waals surface area contributed by atoms with E-state index in [2.05, 4.69) is 12.6 Å². The average molecular weight is 489 g/mol. The van der Waals surface area contributed by atoms with Crippen molar-refractivity contribution in [3.63, 3.8) is 0 Å². The first-order chi connectivity index (χ1) is 16.6. The summed E-state index contributed by atoms with van der Waals surface area (Å²) in [6.45, 7) is 4.71. The molecular weight excluding hydrogens is 464 g/mol. The van der Waals surface area contributed by atoms with Gasteiger partial charge in [-0.15, -0.1) is 17.9 Å². The molecule has 6 nitrogen and oxygen atoms in total. The van der Waals surface area contributed by atoms with Crippen LogP contribution in [0.15, 0.2) is 53.1 Å². The van der Waals surface area contributed by atoms with Crippen LogP contribution in [-0.2, 0) is 25.9 Å². The Kier molecular flexibility index (Phi) is 6.40. The molecule has 0 amide bonds. The number of aryl methyl sites for hydroxylation is 3. The Balaban J connectivity index is 1.48. The van der Waals surface area contributed by atoms with Crippen molar-refractivity contribution in [1.29, 1.82) is 5.26 Å². The van der Waals surface area contributed by atoms with Crippen LogP contribution in [-0.4, -0.2) is 25.7 Å². The number of Topliss-reactive ketones (excluding diaryl/α,β-unsaturated/α-hetero) is 1. The maximum absolute atomic E-state index is 13.4. The third-order valence-electron chi connectivity index (χ3n) is 6.24. The predicted molar refractivity (Wildman–Crippen MR) is 138 cm³/mol. The largest absolute Gasteiger partial charge is 0.346 e. The first-order valence-electron chi connectivity index (χ1n) is 11.4. The third kappa shape index (κ3) is 3.99. The monoisotopic (exact) mass is 488 g/mol. The lowest BCUT2D eigenvalue weighted by molar-refractivity contribution is 0.102. The number of ketones is 1. The van der Waals surface area contributed by atoms with Crippen molar-refractivity contribution in [2.45, 2.75) is 50.4 Å². The van der Waals surface area contributed by atoms with Gasteiger partial charge in [0.05, 0.1) is 23.6 Å². The van der Waals surface area contributed by atoms with E-state index in [1.54, 1.807) is 22.0 Å². The molecular formula is C26H24N4O2S2. The second kappa shape index (κ2) is 9.61. The molecule has 0 unspecified atom stereocenters. The Labute approximate surface area is 205 Å². The van der Waals surface area contributed by atoms with E-state index < -0.39 is 0 Å². The molecule has 3 aromatic heterocycles. The quantitative estimate of drug-likeness (QED) is 0.144. The molecule has 0 spiro atoms. The SMILES string of the molecule is C=CCn1c(SCC(=O)c2cn(CCC#N)c3ccccc23)nc2sc3c(c2c1=O)CCCC3. The molecule has 1 aromatic carbocycles. The minimum absolute atomic E-state index is 0.0260. The van der Waals surface area contributed by atoms with Crippen LogP contribution in [0.3, 0.4) is 0 Å². The van der Waals surface area contributed by atoms with Crippen LogP contribution in [0.1, 0.15) is 40.1 Å². The number of nitrogens with zero attached hydrogens (tertiary/aromatic N) is 4. The summed E-state index contributed by atoms with van der Waals surface area (Å²) in [4.78, 5) is 33.6. The fourth-order valence-corrected chi connectivity index (χ4v) is 6.85. The van der Waals surface area contributed by atoms with Gasteiger partial charge in [-0.2, -0.15) is 5.26 Å². The summed E-state index contributed by atoms with van der Waals surface area (Å²) in [5, 5.41) is 11.2. The Hall–Kier alpha value is -3.15. The van der Waals surface area contributed by atoms with Crippen LogP contribution < -0.4 is 5.56 Å². The summed E-state index contributed by atoms with van der Waals surface area (Å²) < 4.78 is 3.61. The van der Waals surface area contributed by atoms with E-state index in [1.807, 2.05) is 35.0 Å². The molecule has 1 aliphatic rings. The molecule has 4 aromatic rings. The Morgan fingerprint density at radius 1 is 1.29 bits per heavy atom. The Bertz CT molecular complexity index is 1520. The van der Waals surface area contributed by atoms with Crippen LogP contribution in [0, 0.1) is 11.3 Å². The number of fused-ring (bicyclic) bond motifs is 4. The van der Waals surface area contributed by atoms with Crippen molar-refractivity contribution >= 4 is 50.0 Å². The lowest BCUT2D eigenvalue weighted by Crippen LogP contribution is -2.23. The van der Waals surface area contributed by atoms with Gasteiger partial charge in [0.1, 0.15) is 4.83 Å². The van der Waals surface area contributed by atoms with Gasteiger partial charge in [0, 0.05) is 40.6 Å². The molecule has 172 valence electrons. The first-order valence-corrected chi connectivity index (χ1v) is 13.2. The zero-order chi connectivity index (χ0) is 23.7. The molecule has 0 fully saturated rings. The number of benzene rings is 1. The van der Waals surface area contributed by atoms with Crippen molar-refractivity contribution < 1.29 is 4.79 Å². The lowest BCUT2D eigenvalue weighted by atomic mass is 9.97. The minimum atomic E-state index is -0.0349. The summed E-state index contributed by atoms with van der Waals surface area (Å²) >= 11 is 2.92. The summed E-state index contributed by atoms with van der Waals surface area (Å²) in [6, 6.07) is 9.91. The highest BCUT2D eigenvalue weighted by Gasteiger charge is 2.23. The van der Waals surface area contributed by atoms with E-state index >= 15 is 0 Å². The van der Waals surface area contributed by atoms with Gasteiger partial charge in [-0.25, -0.2) is 4.98 Å². The highest BCUT2D eigenvalue weighted by molar-refractivity contribution is 7.99. The zero-order valence-corrected chi connectivity index (χ0v) is 20.4. The molecule has 0 radical (unpaired) electrons. The van der Waals surface area contributed by atoms with Gasteiger partial charge < -0.3 is 4.57 Å². The van der Waals surface area contributed by atoms with Crippen LogP contribution >= 0.6 is 23.1 Å². The number of aromatic nitrogens is 3. The molecule has 0 bridgehead atoms. The summed E-state index contributed by atoms with van der Waals surface area (Å²) in [5.41, 5.74) is 2.71. The van der Waals surface area contributed by atoms with Gasteiger partial charge in [-0.3, -0.25) is 14.2 Å². The summed E-state index contributed by atoms with van der Waals surface area (Å²) in [5.74, 6) is 0.147. The highest BCUT2D eigenvalue weighted by atomic mass is 32.2. The second-order valence-electron chi connectivity index (χ2n) is 8.36. The number of thioether (sulfide) groups is 1. The molecule has 0 saturated carbocycles. The number of nitriles is 1. The fourth-order valence-electron chi connectivity index (χ4n) is 4.65. The molecule has 0 N–H and O–H groups in total. The number of para-hydroxylation sites is 1. The van der Waals surface area contributed by atoms with Gasteiger partial charge in [-0.1, -0.05) is 36.0 Å². The maximum Gasteiger partial charge on any atom is 0.263 e. The van der Waals surface area contributed by atoms with Crippen molar-refractivity contribution in [2.75, 3.05) is 5.75 Å². The molecule has 5 rings (SSSR count). The van der Waals surface area contributed by atoms with Gasteiger partial charge in [0.15, 0.2) is 10.9 Å². The van der Waals surface area contributed by atoms with E-state index in [0.29, 0.717) is 30.2 Å². The molecule has 0 aliphatic heterocycles. The standard InChI is InChI=1S/C26H24N4O2S2/c1-2-13-30-25(32)23-18-9-4-6-11-22(18)34-24(23)28-26(30)33-16-21(31)19-15-29(14-7-12-27)20-10-5-3-8-17(19)20/h2-3,5,8,10,15H,1,4,6-7,9,11,13-14,16H2. The average Bonchev–Trinajstić information content (AvgIpc) is 3.41. The number of carbonyl (C=O) groups excluding carboxylic acids is 1. The Morgan fingerprint density at radius 2 is 2.12 bits per heavy atom. The maximum atomic E-state index is 13.4. The van der Waals surface area contributed by atoms with Crippen molar-refractivity contribution in [1.82, 2.24) is 14.1 Å². The molecule has 0 saturated heterocycles. The molecule has 0 atom stereocenters. The highest BCUT2D eigenvalue weighted by Crippen LogP contribution is 2.35. The smallest absolute Gasteiger partial charge is 0.263 e. The first kappa shape index (κ1) is 22.6. The van der Waals surface area contributed by atoms with E-state index in [1.165, 1.54) is 22.2 Å². The number of hydrogen-bond acceptors (Lipinski definition) is 6. The van der Waals surface area contributed by atoms with Crippen molar-refractivity contribution in [2.24, 2.45) is 0 Å². The zero-order valence-electron chi connectivity index (χ0n) is 18.7. The lowest BCUT2D eigenvalue weighted by Gasteiger charge is -2.12. The normalized spacial score (nSPS) is 13.1.